The molecule has 26 heavy (non-hydrogen) atoms. The molecule has 132 valence electrons. The largest absolute Gasteiger partial charge is 0.508 e. The van der Waals surface area contributed by atoms with Gasteiger partial charge in [-0.2, -0.15) is 0 Å². The number of nitrogens with one attached hydrogen (secondary N) is 1. The third-order valence-corrected chi connectivity index (χ3v) is 4.69. The second kappa shape index (κ2) is 6.07. The maximum atomic E-state index is 13.2. The Morgan fingerprint density at radius 2 is 1.96 bits per heavy atom. The highest BCUT2D eigenvalue weighted by molar-refractivity contribution is 6.28. The summed E-state index contributed by atoms with van der Waals surface area (Å²) in [6, 6.07) is 6.95. The van der Waals surface area contributed by atoms with Crippen LogP contribution < -0.4 is 5.32 Å². The van der Waals surface area contributed by atoms with Gasteiger partial charge in [-0.3, -0.25) is 9.78 Å². The number of nitrogens with zero attached hydrogens (tertiary/aromatic N) is 3. The molecular formula is C20H20N4O2. The lowest BCUT2D eigenvalue weighted by Crippen LogP contribution is -2.22. The Kier molecular flexibility index (Phi) is 3.85. The molecule has 2 heterocycles. The first kappa shape index (κ1) is 16.5. The van der Waals surface area contributed by atoms with Gasteiger partial charge in [-0.25, -0.2) is 4.98 Å². The number of hydrogen-bond donors (Lipinski definition) is 2. The fraction of sp³-hybridized carbons (Fsp3) is 0.250. The Balaban J connectivity index is 1.97. The van der Waals surface area contributed by atoms with Crippen molar-refractivity contribution in [3.63, 3.8) is 0 Å². The van der Waals surface area contributed by atoms with Gasteiger partial charge in [0.05, 0.1) is 16.6 Å². The van der Waals surface area contributed by atoms with Crippen molar-refractivity contribution in [2.24, 2.45) is 0 Å². The van der Waals surface area contributed by atoms with E-state index in [1.807, 2.05) is 33.2 Å². The van der Waals surface area contributed by atoms with Crippen LogP contribution in [0.4, 0.5) is 5.82 Å². The van der Waals surface area contributed by atoms with Crippen molar-refractivity contribution in [2.75, 3.05) is 32.5 Å². The van der Waals surface area contributed by atoms with E-state index >= 15 is 0 Å². The summed E-state index contributed by atoms with van der Waals surface area (Å²) < 4.78 is 0. The van der Waals surface area contributed by atoms with E-state index in [0.29, 0.717) is 29.0 Å². The van der Waals surface area contributed by atoms with Gasteiger partial charge in [0.25, 0.3) is 0 Å². The van der Waals surface area contributed by atoms with E-state index in [0.717, 1.165) is 28.8 Å². The first-order valence-corrected chi connectivity index (χ1v) is 8.53. The summed E-state index contributed by atoms with van der Waals surface area (Å²) in [6.07, 6.45) is 1.72. The molecule has 6 nitrogen and oxygen atoms in total. The summed E-state index contributed by atoms with van der Waals surface area (Å²) in [6.45, 7) is 3.33. The zero-order valence-electron chi connectivity index (χ0n) is 15.0. The molecule has 6 heteroatoms. The molecule has 0 atom stereocenters. The number of aromatic nitrogens is 2. The Morgan fingerprint density at radius 1 is 1.15 bits per heavy atom. The first-order valence-electron chi connectivity index (χ1n) is 8.53. The first-order chi connectivity index (χ1) is 12.5. The molecule has 0 aliphatic heterocycles. The van der Waals surface area contributed by atoms with Crippen LogP contribution in [0.3, 0.4) is 0 Å². The number of benzene rings is 1. The van der Waals surface area contributed by atoms with Gasteiger partial charge in [-0.05, 0) is 44.8 Å². The molecule has 4 rings (SSSR count). The van der Waals surface area contributed by atoms with Gasteiger partial charge in [0.15, 0.2) is 5.78 Å². The number of hydrogen-bond acceptors (Lipinski definition) is 6. The zero-order chi connectivity index (χ0) is 18.4. The monoisotopic (exact) mass is 348 g/mol. The van der Waals surface area contributed by atoms with Crippen LogP contribution in [0.5, 0.6) is 5.75 Å². The molecular weight excluding hydrogens is 328 g/mol. The van der Waals surface area contributed by atoms with Gasteiger partial charge in [-0.15, -0.1) is 0 Å². The Hall–Kier alpha value is -2.99. The summed E-state index contributed by atoms with van der Waals surface area (Å²) in [7, 11) is 3.99. The van der Waals surface area contributed by atoms with Gasteiger partial charge < -0.3 is 15.3 Å². The molecule has 2 N–H and O–H groups in total. The Bertz CT molecular complexity index is 1040. The topological polar surface area (TPSA) is 78.4 Å². The molecule has 1 aromatic carbocycles. The second-order valence-corrected chi connectivity index (χ2v) is 6.79. The van der Waals surface area contributed by atoms with Crippen molar-refractivity contribution >= 4 is 22.5 Å². The predicted molar refractivity (Wildman–Crippen MR) is 102 cm³/mol. The molecule has 0 unspecified atom stereocenters. The average Bonchev–Trinajstić information content (AvgIpc) is 2.89. The quantitative estimate of drug-likeness (QED) is 0.590. The zero-order valence-corrected chi connectivity index (χ0v) is 15.0. The lowest BCUT2D eigenvalue weighted by atomic mass is 10.0. The SMILES string of the molecule is Cc1nccc2c1C(=O)c1c(NCCN(C)C)nc3cc(O)ccc3c1-2. The van der Waals surface area contributed by atoms with E-state index in [-0.39, 0.29) is 11.5 Å². The van der Waals surface area contributed by atoms with Crippen LogP contribution in [0.25, 0.3) is 22.0 Å². The van der Waals surface area contributed by atoms with Crippen LogP contribution in [0, 0.1) is 6.92 Å². The predicted octanol–water partition coefficient (Wildman–Crippen LogP) is 2.83. The smallest absolute Gasteiger partial charge is 0.199 e. The van der Waals surface area contributed by atoms with Crippen molar-refractivity contribution in [3.8, 4) is 16.9 Å². The number of carbonyl (C=O) groups excluding carboxylic acids is 1. The highest BCUT2D eigenvalue weighted by Gasteiger charge is 2.33. The van der Waals surface area contributed by atoms with Gasteiger partial charge in [0.1, 0.15) is 11.6 Å². The Morgan fingerprint density at radius 3 is 2.73 bits per heavy atom. The minimum atomic E-state index is -0.0459. The van der Waals surface area contributed by atoms with Gasteiger partial charge in [-0.1, -0.05) is 0 Å². The highest BCUT2D eigenvalue weighted by Crippen LogP contribution is 2.44. The van der Waals surface area contributed by atoms with Crippen molar-refractivity contribution in [3.05, 3.63) is 47.3 Å². The summed E-state index contributed by atoms with van der Waals surface area (Å²) in [5.41, 5.74) is 4.36. The van der Waals surface area contributed by atoms with Crippen LogP contribution in [0.2, 0.25) is 0 Å². The lowest BCUT2D eigenvalue weighted by Gasteiger charge is -2.15. The molecule has 0 spiro atoms. The van der Waals surface area contributed by atoms with Crippen molar-refractivity contribution in [2.45, 2.75) is 6.92 Å². The van der Waals surface area contributed by atoms with Crippen LogP contribution in [0.1, 0.15) is 21.6 Å². The van der Waals surface area contributed by atoms with Crippen LogP contribution in [0.15, 0.2) is 30.5 Å². The Labute approximate surface area is 151 Å². The fourth-order valence-electron chi connectivity index (χ4n) is 3.47. The third-order valence-electron chi connectivity index (χ3n) is 4.69. The molecule has 3 aromatic rings. The van der Waals surface area contributed by atoms with Crippen molar-refractivity contribution in [1.82, 2.24) is 14.9 Å². The number of aryl methyl sites for hydroxylation is 1. The maximum Gasteiger partial charge on any atom is 0.199 e. The standard InChI is InChI=1S/C20H20N4O2/c1-11-16-14(6-7-21-11)17-13-5-4-12(25)10-15(13)23-20(18(17)19(16)26)22-8-9-24(2)3/h4-7,10,25H,8-9H2,1-3H3,(H,22,23). The minimum Gasteiger partial charge on any atom is -0.508 e. The molecule has 1 aliphatic carbocycles. The molecule has 0 fully saturated rings. The van der Waals surface area contributed by atoms with Crippen molar-refractivity contribution in [1.29, 1.82) is 0 Å². The van der Waals surface area contributed by atoms with Gasteiger partial charge >= 0.3 is 0 Å². The number of phenolic OH excluding ortho intramolecular Hbond substituents is 1. The normalized spacial score (nSPS) is 12.5. The van der Waals surface area contributed by atoms with Gasteiger partial charge in [0.2, 0.25) is 0 Å². The number of anilines is 1. The third kappa shape index (κ3) is 2.50. The number of ketones is 1. The van der Waals surface area contributed by atoms with E-state index in [4.69, 9.17) is 0 Å². The molecule has 0 bridgehead atoms. The van der Waals surface area contributed by atoms with E-state index in [9.17, 15) is 9.90 Å². The van der Waals surface area contributed by atoms with Crippen LogP contribution in [-0.2, 0) is 0 Å². The maximum absolute atomic E-state index is 13.2. The van der Waals surface area contributed by atoms with Crippen LogP contribution in [-0.4, -0.2) is 52.9 Å². The average molecular weight is 348 g/mol. The summed E-state index contributed by atoms with van der Waals surface area (Å²) in [5.74, 6) is 0.663. The molecule has 0 radical (unpaired) electrons. The van der Waals surface area contributed by atoms with E-state index in [1.54, 1.807) is 18.3 Å². The number of fused-ring (bicyclic) bond motifs is 5. The van der Waals surface area contributed by atoms with E-state index < -0.39 is 0 Å². The number of carbonyl (C=O) groups is 1. The summed E-state index contributed by atoms with van der Waals surface area (Å²) in [5, 5.41) is 14.0. The summed E-state index contributed by atoms with van der Waals surface area (Å²) >= 11 is 0. The second-order valence-electron chi connectivity index (χ2n) is 6.79. The molecule has 0 amide bonds. The van der Waals surface area contributed by atoms with Gasteiger partial charge in [0, 0.05) is 42.0 Å². The molecule has 0 saturated carbocycles. The summed E-state index contributed by atoms with van der Waals surface area (Å²) in [4.78, 5) is 24.1. The lowest BCUT2D eigenvalue weighted by molar-refractivity contribution is 0.104. The van der Waals surface area contributed by atoms with E-state index in [2.05, 4.69) is 20.2 Å². The molecule has 0 saturated heterocycles. The number of phenols is 1. The number of likely N-dealkylation sites (N-methyl/N-ethyl adjacent to an activating group) is 1. The molecule has 1 aliphatic rings. The minimum absolute atomic E-state index is 0.0459. The molecule has 2 aromatic heterocycles. The highest BCUT2D eigenvalue weighted by atomic mass is 16.3. The number of aromatic hydroxyl groups is 1. The van der Waals surface area contributed by atoms with E-state index in [1.165, 1.54) is 0 Å². The number of rotatable bonds is 4. The fourth-order valence-corrected chi connectivity index (χ4v) is 3.47. The number of pyridine rings is 2. The van der Waals surface area contributed by atoms with Crippen LogP contribution >= 0.6 is 0 Å². The van der Waals surface area contributed by atoms with Crippen molar-refractivity contribution < 1.29 is 9.90 Å².